The molecule has 17 heavy (non-hydrogen) atoms. The van der Waals surface area contributed by atoms with Crippen LogP contribution in [0.2, 0.25) is 5.02 Å². The van der Waals surface area contributed by atoms with Gasteiger partial charge in [-0.15, -0.1) is 0 Å². The molecule has 0 fully saturated rings. The number of rotatable bonds is 2. The molecule has 1 aromatic heterocycles. The number of pyridine rings is 1. The number of benzene rings is 1. The number of aromatic nitrogens is 1. The van der Waals surface area contributed by atoms with Crippen molar-refractivity contribution < 1.29 is 0 Å². The highest BCUT2D eigenvalue weighted by Crippen LogP contribution is 2.24. The van der Waals surface area contributed by atoms with E-state index in [-0.39, 0.29) is 5.56 Å². The summed E-state index contributed by atoms with van der Waals surface area (Å²) in [6.07, 6.45) is 2.00. The van der Waals surface area contributed by atoms with Gasteiger partial charge in [-0.05, 0) is 36.9 Å². The van der Waals surface area contributed by atoms with Gasteiger partial charge in [0.05, 0.1) is 5.52 Å². The SMILES string of the molecule is CSCc1c(C)c2cc(Cl)ccc2n(C)c1=O. The van der Waals surface area contributed by atoms with Crippen LogP contribution in [-0.2, 0) is 12.8 Å². The zero-order valence-electron chi connectivity index (χ0n) is 10.1. The number of fused-ring (bicyclic) bond motifs is 1. The Bertz CT molecular complexity index is 633. The Hall–Kier alpha value is -0.930. The molecule has 2 nitrogen and oxygen atoms in total. The number of halogens is 1. The summed E-state index contributed by atoms with van der Waals surface area (Å²) < 4.78 is 1.70. The molecule has 2 aromatic rings. The monoisotopic (exact) mass is 267 g/mol. The lowest BCUT2D eigenvalue weighted by Gasteiger charge is -2.12. The van der Waals surface area contributed by atoms with Crippen molar-refractivity contribution in [3.8, 4) is 0 Å². The molecule has 0 amide bonds. The Balaban J connectivity index is 2.90. The topological polar surface area (TPSA) is 22.0 Å². The van der Waals surface area contributed by atoms with Gasteiger partial charge in [-0.1, -0.05) is 11.6 Å². The van der Waals surface area contributed by atoms with Crippen LogP contribution in [0.15, 0.2) is 23.0 Å². The molecule has 0 unspecified atom stereocenters. The Morgan fingerprint density at radius 1 is 1.41 bits per heavy atom. The highest BCUT2D eigenvalue weighted by Gasteiger charge is 2.11. The smallest absolute Gasteiger partial charge is 0.255 e. The van der Waals surface area contributed by atoms with Crippen LogP contribution in [0, 0.1) is 6.92 Å². The van der Waals surface area contributed by atoms with Gasteiger partial charge in [0.25, 0.3) is 5.56 Å². The molecule has 0 bridgehead atoms. The molecule has 0 aliphatic heterocycles. The predicted octanol–water partition coefficient (Wildman–Crippen LogP) is 3.36. The Morgan fingerprint density at radius 2 is 2.12 bits per heavy atom. The number of hydrogen-bond acceptors (Lipinski definition) is 2. The van der Waals surface area contributed by atoms with Crippen molar-refractivity contribution in [1.29, 1.82) is 0 Å². The molecule has 0 saturated heterocycles. The highest BCUT2D eigenvalue weighted by molar-refractivity contribution is 7.97. The standard InChI is InChI=1S/C13H14ClNOS/c1-8-10-6-9(14)4-5-12(10)15(2)13(16)11(8)7-17-3/h4-6H,7H2,1-3H3. The maximum absolute atomic E-state index is 12.2. The molecule has 0 aliphatic carbocycles. The fourth-order valence-corrected chi connectivity index (χ4v) is 2.85. The number of hydrogen-bond donors (Lipinski definition) is 0. The summed E-state index contributed by atoms with van der Waals surface area (Å²) in [5.41, 5.74) is 2.93. The average Bonchev–Trinajstić information content (AvgIpc) is 2.32. The van der Waals surface area contributed by atoms with Gasteiger partial charge >= 0.3 is 0 Å². The van der Waals surface area contributed by atoms with Gasteiger partial charge in [0.2, 0.25) is 0 Å². The molecule has 90 valence electrons. The first-order valence-electron chi connectivity index (χ1n) is 5.33. The molecular weight excluding hydrogens is 254 g/mol. The summed E-state index contributed by atoms with van der Waals surface area (Å²) in [5.74, 6) is 0.737. The Morgan fingerprint density at radius 3 is 2.76 bits per heavy atom. The van der Waals surface area contributed by atoms with Crippen LogP contribution in [0.3, 0.4) is 0 Å². The van der Waals surface area contributed by atoms with E-state index >= 15 is 0 Å². The van der Waals surface area contributed by atoms with E-state index in [0.717, 1.165) is 27.8 Å². The van der Waals surface area contributed by atoms with Gasteiger partial charge in [0.1, 0.15) is 0 Å². The third-order valence-corrected chi connectivity index (χ3v) is 3.84. The molecule has 0 aliphatic rings. The van der Waals surface area contributed by atoms with Crippen LogP contribution < -0.4 is 5.56 Å². The van der Waals surface area contributed by atoms with E-state index in [1.807, 2.05) is 38.4 Å². The minimum absolute atomic E-state index is 0.0895. The first-order chi connectivity index (χ1) is 8.06. The fraction of sp³-hybridized carbons (Fsp3) is 0.308. The zero-order chi connectivity index (χ0) is 12.6. The van der Waals surface area contributed by atoms with Crippen molar-refractivity contribution in [2.75, 3.05) is 6.26 Å². The molecular formula is C13H14ClNOS. The van der Waals surface area contributed by atoms with Crippen molar-refractivity contribution in [2.45, 2.75) is 12.7 Å². The third kappa shape index (κ3) is 2.09. The minimum atomic E-state index is 0.0895. The van der Waals surface area contributed by atoms with Crippen molar-refractivity contribution >= 4 is 34.3 Å². The molecule has 1 aromatic carbocycles. The van der Waals surface area contributed by atoms with Crippen molar-refractivity contribution in [1.82, 2.24) is 4.57 Å². The summed E-state index contributed by atoms with van der Waals surface area (Å²) in [5, 5.41) is 1.76. The van der Waals surface area contributed by atoms with E-state index < -0.39 is 0 Å². The molecule has 2 rings (SSSR count). The summed E-state index contributed by atoms with van der Waals surface area (Å²) in [7, 11) is 1.81. The van der Waals surface area contributed by atoms with Gasteiger partial charge in [-0.25, -0.2) is 0 Å². The fourth-order valence-electron chi connectivity index (χ4n) is 2.05. The molecule has 0 saturated carbocycles. The molecule has 4 heteroatoms. The van der Waals surface area contributed by atoms with Crippen LogP contribution >= 0.6 is 23.4 Å². The van der Waals surface area contributed by atoms with Gasteiger partial charge < -0.3 is 4.57 Å². The van der Waals surface area contributed by atoms with E-state index in [1.54, 1.807) is 16.3 Å². The lowest BCUT2D eigenvalue weighted by atomic mass is 10.1. The highest BCUT2D eigenvalue weighted by atomic mass is 35.5. The summed E-state index contributed by atoms with van der Waals surface area (Å²) >= 11 is 7.68. The molecule has 0 radical (unpaired) electrons. The van der Waals surface area contributed by atoms with Crippen LogP contribution in [-0.4, -0.2) is 10.8 Å². The number of thioether (sulfide) groups is 1. The largest absolute Gasteiger partial charge is 0.311 e. The van der Waals surface area contributed by atoms with Crippen molar-refractivity contribution in [3.05, 3.63) is 44.7 Å². The van der Waals surface area contributed by atoms with E-state index in [0.29, 0.717) is 5.02 Å². The number of aryl methyl sites for hydroxylation is 2. The first kappa shape index (κ1) is 12.5. The van der Waals surface area contributed by atoms with Gasteiger partial charge in [-0.2, -0.15) is 11.8 Å². The maximum Gasteiger partial charge on any atom is 0.255 e. The predicted molar refractivity (Wildman–Crippen MR) is 76.2 cm³/mol. The molecule has 1 heterocycles. The minimum Gasteiger partial charge on any atom is -0.311 e. The van der Waals surface area contributed by atoms with E-state index in [9.17, 15) is 4.79 Å². The molecule has 0 spiro atoms. The van der Waals surface area contributed by atoms with E-state index in [1.165, 1.54) is 0 Å². The normalized spacial score (nSPS) is 11.1. The summed E-state index contributed by atoms with van der Waals surface area (Å²) in [6, 6.07) is 5.64. The second-order valence-electron chi connectivity index (χ2n) is 4.06. The van der Waals surface area contributed by atoms with Crippen LogP contribution in [0.4, 0.5) is 0 Å². The summed E-state index contributed by atoms with van der Waals surface area (Å²) in [6.45, 7) is 1.99. The van der Waals surface area contributed by atoms with E-state index in [2.05, 4.69) is 0 Å². The van der Waals surface area contributed by atoms with Crippen LogP contribution in [0.5, 0.6) is 0 Å². The third-order valence-electron chi connectivity index (χ3n) is 3.03. The average molecular weight is 268 g/mol. The van der Waals surface area contributed by atoms with Crippen LogP contribution in [0.1, 0.15) is 11.1 Å². The quantitative estimate of drug-likeness (QED) is 0.832. The van der Waals surface area contributed by atoms with Gasteiger partial charge in [0.15, 0.2) is 0 Å². The zero-order valence-corrected chi connectivity index (χ0v) is 11.7. The lowest BCUT2D eigenvalue weighted by Crippen LogP contribution is -2.22. The Labute approximate surface area is 110 Å². The van der Waals surface area contributed by atoms with Crippen molar-refractivity contribution in [3.63, 3.8) is 0 Å². The summed E-state index contributed by atoms with van der Waals surface area (Å²) in [4.78, 5) is 12.2. The Kier molecular flexibility index (Phi) is 3.50. The lowest BCUT2D eigenvalue weighted by molar-refractivity contribution is 0.886. The van der Waals surface area contributed by atoms with Gasteiger partial charge in [0, 0.05) is 28.8 Å². The maximum atomic E-state index is 12.2. The van der Waals surface area contributed by atoms with Gasteiger partial charge in [-0.3, -0.25) is 4.79 Å². The van der Waals surface area contributed by atoms with Crippen molar-refractivity contribution in [2.24, 2.45) is 7.05 Å². The molecule has 0 atom stereocenters. The second kappa shape index (κ2) is 4.75. The second-order valence-corrected chi connectivity index (χ2v) is 5.36. The first-order valence-corrected chi connectivity index (χ1v) is 7.10. The van der Waals surface area contributed by atoms with E-state index in [4.69, 9.17) is 11.6 Å². The van der Waals surface area contributed by atoms with Crippen LogP contribution in [0.25, 0.3) is 10.9 Å². The number of nitrogens with zero attached hydrogens (tertiary/aromatic N) is 1. The molecule has 0 N–H and O–H groups in total.